The Morgan fingerprint density at radius 3 is 2.58 bits per heavy atom. The van der Waals surface area contributed by atoms with Gasteiger partial charge in [-0.1, -0.05) is 40.1 Å². The number of nitrogens with zero attached hydrogens (tertiary/aromatic N) is 4. The third kappa shape index (κ3) is 4.67. The molecule has 2 rings (SSSR count). The first kappa shape index (κ1) is 18.7. The van der Waals surface area contributed by atoms with E-state index in [0.29, 0.717) is 22.2 Å². The van der Waals surface area contributed by atoms with Gasteiger partial charge in [-0.05, 0) is 37.9 Å². The van der Waals surface area contributed by atoms with Crippen LogP contribution < -0.4 is 0 Å². The molecule has 0 unspecified atom stereocenters. The molecule has 0 N–H and O–H groups in total. The van der Waals surface area contributed by atoms with Crippen molar-refractivity contribution >= 4 is 46.5 Å². The SMILES string of the molecule is CN(C)Cc1cc(Cl)c(N=NCl)cc1Sc1ccccc1[N+](=O)[O-]. The van der Waals surface area contributed by atoms with E-state index in [4.69, 9.17) is 23.4 Å². The summed E-state index contributed by atoms with van der Waals surface area (Å²) in [5.74, 6) is 0. The van der Waals surface area contributed by atoms with Gasteiger partial charge < -0.3 is 4.90 Å². The van der Waals surface area contributed by atoms with Gasteiger partial charge in [0.2, 0.25) is 0 Å². The average molecular weight is 385 g/mol. The number of hydrogen-bond acceptors (Lipinski definition) is 6. The van der Waals surface area contributed by atoms with Crippen molar-refractivity contribution in [2.45, 2.75) is 16.3 Å². The molecular weight excluding hydrogens is 371 g/mol. The Hall–Kier alpha value is -1.67. The molecule has 0 spiro atoms. The molecule has 9 heteroatoms. The van der Waals surface area contributed by atoms with Gasteiger partial charge in [0.05, 0.1) is 26.6 Å². The van der Waals surface area contributed by atoms with Crippen LogP contribution >= 0.6 is 35.1 Å². The number of benzene rings is 2. The van der Waals surface area contributed by atoms with Crippen LogP contribution in [0.1, 0.15) is 5.56 Å². The molecule has 0 atom stereocenters. The number of halogens is 2. The Bertz CT molecular complexity index is 784. The Labute approximate surface area is 153 Å². The fraction of sp³-hybridized carbons (Fsp3) is 0.200. The zero-order chi connectivity index (χ0) is 17.7. The fourth-order valence-electron chi connectivity index (χ4n) is 2.07. The van der Waals surface area contributed by atoms with E-state index in [9.17, 15) is 10.1 Å². The molecule has 0 aromatic heterocycles. The summed E-state index contributed by atoms with van der Waals surface area (Å²) in [5, 5.41) is 15.4. The normalized spacial score (nSPS) is 11.4. The predicted octanol–water partition coefficient (Wildman–Crippen LogP) is 5.70. The molecule has 0 aliphatic carbocycles. The summed E-state index contributed by atoms with van der Waals surface area (Å²) in [7, 11) is 3.86. The third-order valence-corrected chi connectivity index (χ3v) is 4.59. The Morgan fingerprint density at radius 1 is 1.25 bits per heavy atom. The van der Waals surface area contributed by atoms with Crippen LogP contribution in [0, 0.1) is 10.1 Å². The molecule has 0 aliphatic heterocycles. The molecule has 0 heterocycles. The Morgan fingerprint density at radius 2 is 1.96 bits per heavy atom. The van der Waals surface area contributed by atoms with Crippen LogP contribution in [0.3, 0.4) is 0 Å². The Balaban J connectivity index is 2.51. The van der Waals surface area contributed by atoms with Crippen molar-refractivity contribution in [2.24, 2.45) is 9.75 Å². The molecule has 0 radical (unpaired) electrons. The summed E-state index contributed by atoms with van der Waals surface area (Å²) >= 11 is 12.8. The minimum atomic E-state index is -0.400. The number of nitro groups is 1. The molecule has 2 aromatic rings. The number of para-hydroxylation sites is 1. The zero-order valence-electron chi connectivity index (χ0n) is 12.9. The van der Waals surface area contributed by atoms with Crippen LogP contribution in [0.25, 0.3) is 0 Å². The monoisotopic (exact) mass is 384 g/mol. The molecular formula is C15H14Cl2N4O2S. The first-order valence-electron chi connectivity index (χ1n) is 6.82. The standard InChI is InChI=1S/C15H14Cl2N4O2S/c1-20(2)9-10-7-11(16)12(18-19-17)8-15(10)24-14-6-4-3-5-13(14)21(22)23/h3-8H,9H2,1-2H3. The molecule has 0 amide bonds. The first-order valence-corrected chi connectivity index (χ1v) is 8.36. The van der Waals surface area contributed by atoms with Crippen LogP contribution in [-0.4, -0.2) is 23.9 Å². The van der Waals surface area contributed by atoms with Crippen molar-refractivity contribution in [3.8, 4) is 0 Å². The minimum absolute atomic E-state index is 0.0498. The van der Waals surface area contributed by atoms with Gasteiger partial charge in [0.15, 0.2) is 0 Å². The van der Waals surface area contributed by atoms with Crippen molar-refractivity contribution in [3.05, 3.63) is 57.1 Å². The molecule has 0 aliphatic rings. The van der Waals surface area contributed by atoms with E-state index in [1.54, 1.807) is 30.3 Å². The summed E-state index contributed by atoms with van der Waals surface area (Å²) in [4.78, 5) is 14.1. The maximum Gasteiger partial charge on any atom is 0.283 e. The van der Waals surface area contributed by atoms with Crippen LogP contribution in [0.4, 0.5) is 11.4 Å². The van der Waals surface area contributed by atoms with Crippen LogP contribution in [0.15, 0.2) is 55.9 Å². The van der Waals surface area contributed by atoms with E-state index in [1.807, 2.05) is 19.0 Å². The second-order valence-corrected chi connectivity index (χ2v) is 6.79. The topological polar surface area (TPSA) is 71.1 Å². The van der Waals surface area contributed by atoms with Gasteiger partial charge in [0.25, 0.3) is 5.69 Å². The van der Waals surface area contributed by atoms with Gasteiger partial charge in [0.1, 0.15) is 5.69 Å². The summed E-state index contributed by atoms with van der Waals surface area (Å²) in [6, 6.07) is 10.1. The summed E-state index contributed by atoms with van der Waals surface area (Å²) in [5.41, 5.74) is 1.39. The smallest absolute Gasteiger partial charge is 0.283 e. The maximum absolute atomic E-state index is 11.2. The first-order chi connectivity index (χ1) is 11.4. The summed E-state index contributed by atoms with van der Waals surface area (Å²) in [6.45, 7) is 0.626. The molecule has 0 fully saturated rings. The second-order valence-electron chi connectivity index (χ2n) is 5.15. The van der Waals surface area contributed by atoms with E-state index in [1.165, 1.54) is 17.8 Å². The Kier molecular flexibility index (Phi) is 6.56. The highest BCUT2D eigenvalue weighted by atomic mass is 35.5. The van der Waals surface area contributed by atoms with E-state index in [-0.39, 0.29) is 5.69 Å². The minimum Gasteiger partial charge on any atom is -0.305 e. The maximum atomic E-state index is 11.2. The molecule has 126 valence electrons. The van der Waals surface area contributed by atoms with E-state index >= 15 is 0 Å². The van der Waals surface area contributed by atoms with Crippen molar-refractivity contribution in [3.63, 3.8) is 0 Å². The summed E-state index contributed by atoms with van der Waals surface area (Å²) < 4.78 is 3.24. The van der Waals surface area contributed by atoms with E-state index in [2.05, 4.69) is 9.75 Å². The van der Waals surface area contributed by atoms with Crippen LogP contribution in [0.2, 0.25) is 5.02 Å². The van der Waals surface area contributed by atoms with Gasteiger partial charge in [0, 0.05) is 17.5 Å². The highest BCUT2D eigenvalue weighted by Gasteiger charge is 2.17. The lowest BCUT2D eigenvalue weighted by atomic mass is 10.2. The van der Waals surface area contributed by atoms with Gasteiger partial charge >= 0.3 is 0 Å². The zero-order valence-corrected chi connectivity index (χ0v) is 15.3. The summed E-state index contributed by atoms with van der Waals surface area (Å²) in [6.07, 6.45) is 0. The van der Waals surface area contributed by atoms with Gasteiger partial charge in [-0.15, -0.1) is 5.11 Å². The van der Waals surface area contributed by atoms with E-state index < -0.39 is 4.92 Å². The number of rotatable bonds is 6. The molecule has 6 nitrogen and oxygen atoms in total. The molecule has 0 saturated heterocycles. The van der Waals surface area contributed by atoms with Crippen molar-refractivity contribution in [1.29, 1.82) is 0 Å². The van der Waals surface area contributed by atoms with Crippen LogP contribution in [-0.2, 0) is 6.54 Å². The predicted molar refractivity (Wildman–Crippen MR) is 96.4 cm³/mol. The number of nitro benzene ring substituents is 1. The fourth-order valence-corrected chi connectivity index (χ4v) is 3.43. The highest BCUT2D eigenvalue weighted by Crippen LogP contribution is 2.40. The average Bonchev–Trinajstić information content (AvgIpc) is 2.51. The molecule has 2 aromatic carbocycles. The van der Waals surface area contributed by atoms with Crippen molar-refractivity contribution < 1.29 is 4.92 Å². The van der Waals surface area contributed by atoms with Gasteiger partial charge in [-0.2, -0.15) is 0 Å². The number of hydrogen-bond donors (Lipinski definition) is 0. The van der Waals surface area contributed by atoms with Crippen LogP contribution in [0.5, 0.6) is 0 Å². The molecule has 24 heavy (non-hydrogen) atoms. The highest BCUT2D eigenvalue weighted by molar-refractivity contribution is 7.99. The lowest BCUT2D eigenvalue weighted by Gasteiger charge is -2.15. The van der Waals surface area contributed by atoms with Crippen molar-refractivity contribution in [2.75, 3.05) is 14.1 Å². The largest absolute Gasteiger partial charge is 0.305 e. The third-order valence-electron chi connectivity index (χ3n) is 3.04. The quantitative estimate of drug-likeness (QED) is 0.363. The molecule has 0 bridgehead atoms. The van der Waals surface area contributed by atoms with Crippen molar-refractivity contribution in [1.82, 2.24) is 4.90 Å². The molecule has 0 saturated carbocycles. The van der Waals surface area contributed by atoms with Gasteiger partial charge in [-0.25, -0.2) is 0 Å². The lowest BCUT2D eigenvalue weighted by Crippen LogP contribution is -2.11. The second kappa shape index (κ2) is 8.43. The van der Waals surface area contributed by atoms with Gasteiger partial charge in [-0.3, -0.25) is 10.1 Å². The lowest BCUT2D eigenvalue weighted by molar-refractivity contribution is -0.387. The van der Waals surface area contributed by atoms with E-state index in [0.717, 1.165) is 10.5 Å².